The molecule has 0 saturated carbocycles. The van der Waals surface area contributed by atoms with Crippen LogP contribution in [0.5, 0.6) is 0 Å². The van der Waals surface area contributed by atoms with Crippen molar-refractivity contribution in [1.82, 2.24) is 5.32 Å². The van der Waals surface area contributed by atoms with Crippen LogP contribution in [-0.2, 0) is 0 Å². The smallest absolute Gasteiger partial charge is 0.00144 e. The van der Waals surface area contributed by atoms with E-state index < -0.39 is 0 Å². The van der Waals surface area contributed by atoms with E-state index in [0.29, 0.717) is 0 Å². The zero-order valence-corrected chi connectivity index (χ0v) is 8.40. The van der Waals surface area contributed by atoms with Crippen LogP contribution in [0.3, 0.4) is 0 Å². The lowest BCUT2D eigenvalue weighted by Crippen LogP contribution is -2.12. The maximum Gasteiger partial charge on any atom is -0.00144 e. The molecular formula is C11H21N. The molecular weight excluding hydrogens is 146 g/mol. The van der Waals surface area contributed by atoms with Crippen LogP contribution in [0.1, 0.15) is 33.1 Å². The molecule has 0 aliphatic heterocycles. The third-order valence-electron chi connectivity index (χ3n) is 1.81. The Morgan fingerprint density at radius 2 is 2.08 bits per heavy atom. The van der Waals surface area contributed by atoms with Gasteiger partial charge < -0.3 is 5.32 Å². The number of allylic oxidation sites excluding steroid dienone is 2. The molecule has 0 fully saturated rings. The normalized spacial score (nSPS) is 10.8. The maximum atomic E-state index is 3.94. The van der Waals surface area contributed by atoms with E-state index in [2.05, 4.69) is 37.9 Å². The molecule has 0 aromatic rings. The van der Waals surface area contributed by atoms with Crippen molar-refractivity contribution in [2.24, 2.45) is 0 Å². The van der Waals surface area contributed by atoms with E-state index in [0.717, 1.165) is 32.4 Å². The van der Waals surface area contributed by atoms with Gasteiger partial charge in [0.15, 0.2) is 0 Å². The molecule has 1 heteroatoms. The molecule has 1 nitrogen and oxygen atoms in total. The van der Waals surface area contributed by atoms with Crippen LogP contribution in [0.2, 0.25) is 0 Å². The highest BCUT2D eigenvalue weighted by atomic mass is 14.8. The summed E-state index contributed by atoms with van der Waals surface area (Å²) in [4.78, 5) is 0. The average molecular weight is 167 g/mol. The number of hydrogen-bond donors (Lipinski definition) is 1. The number of rotatable bonds is 7. The van der Waals surface area contributed by atoms with Gasteiger partial charge in [0.1, 0.15) is 0 Å². The third-order valence-corrected chi connectivity index (χ3v) is 1.81. The van der Waals surface area contributed by atoms with Gasteiger partial charge in [-0.3, -0.25) is 0 Å². The predicted octanol–water partition coefficient (Wildman–Crippen LogP) is 2.90. The Kier molecular flexibility index (Phi) is 8.14. The van der Waals surface area contributed by atoms with Crippen LogP contribution in [0.25, 0.3) is 0 Å². The minimum absolute atomic E-state index is 1.04. The summed E-state index contributed by atoms with van der Waals surface area (Å²) in [5.74, 6) is 0. The first-order valence-electron chi connectivity index (χ1n) is 4.83. The van der Waals surface area contributed by atoms with Crippen molar-refractivity contribution < 1.29 is 0 Å². The van der Waals surface area contributed by atoms with Gasteiger partial charge in [0.25, 0.3) is 0 Å². The van der Waals surface area contributed by atoms with E-state index in [1.807, 2.05) is 0 Å². The Morgan fingerprint density at radius 1 is 1.33 bits per heavy atom. The summed E-state index contributed by atoms with van der Waals surface area (Å²) in [6.07, 6.45) is 7.71. The van der Waals surface area contributed by atoms with Crippen LogP contribution in [0.15, 0.2) is 24.3 Å². The van der Waals surface area contributed by atoms with Crippen molar-refractivity contribution in [3.05, 3.63) is 24.3 Å². The molecule has 0 aliphatic rings. The van der Waals surface area contributed by atoms with Crippen molar-refractivity contribution in [3.8, 4) is 0 Å². The van der Waals surface area contributed by atoms with Crippen LogP contribution in [-0.4, -0.2) is 13.1 Å². The molecule has 0 bridgehead atoms. The fraction of sp³-hybridized carbons (Fsp3) is 0.636. The molecule has 0 atom stereocenters. The number of nitrogens with one attached hydrogen (secondary N) is 1. The molecule has 0 amide bonds. The first kappa shape index (κ1) is 11.4. The largest absolute Gasteiger partial charge is 0.317 e. The molecule has 12 heavy (non-hydrogen) atoms. The molecule has 70 valence electrons. The Labute approximate surface area is 76.6 Å². The molecule has 0 aliphatic carbocycles. The van der Waals surface area contributed by atoms with Crippen molar-refractivity contribution >= 4 is 0 Å². The predicted molar refractivity (Wildman–Crippen MR) is 56.3 cm³/mol. The molecule has 0 saturated heterocycles. The lowest BCUT2D eigenvalue weighted by molar-refractivity contribution is 0.726. The fourth-order valence-corrected chi connectivity index (χ4v) is 0.874. The Morgan fingerprint density at radius 3 is 2.67 bits per heavy atom. The highest BCUT2D eigenvalue weighted by molar-refractivity contribution is 5.01. The third kappa shape index (κ3) is 7.55. The van der Waals surface area contributed by atoms with Crippen LogP contribution < -0.4 is 5.32 Å². The van der Waals surface area contributed by atoms with E-state index in [9.17, 15) is 0 Å². The molecule has 0 aromatic heterocycles. The summed E-state index contributed by atoms with van der Waals surface area (Å²) in [6.45, 7) is 10.4. The minimum Gasteiger partial charge on any atom is -0.317 e. The van der Waals surface area contributed by atoms with E-state index in [4.69, 9.17) is 0 Å². The summed E-state index contributed by atoms with van der Waals surface area (Å²) in [7, 11) is 0. The zero-order chi connectivity index (χ0) is 9.23. The number of hydrogen-bond acceptors (Lipinski definition) is 1. The average Bonchev–Trinajstić information content (AvgIpc) is 2.10. The molecule has 0 aromatic carbocycles. The van der Waals surface area contributed by atoms with E-state index in [1.54, 1.807) is 0 Å². The highest BCUT2D eigenvalue weighted by Crippen LogP contribution is 2.03. The summed E-state index contributed by atoms with van der Waals surface area (Å²) >= 11 is 0. The molecule has 0 heterocycles. The van der Waals surface area contributed by atoms with Crippen molar-refractivity contribution in [2.75, 3.05) is 13.1 Å². The van der Waals surface area contributed by atoms with Crippen LogP contribution in [0.4, 0.5) is 0 Å². The van der Waals surface area contributed by atoms with E-state index in [1.165, 1.54) is 5.57 Å². The quantitative estimate of drug-likeness (QED) is 0.454. The Hall–Kier alpha value is -0.560. The maximum absolute atomic E-state index is 3.94. The molecule has 0 spiro atoms. The fourth-order valence-electron chi connectivity index (χ4n) is 0.874. The standard InChI is InChI=1S/C11H21N/c1-4-11(3)9-7-6-8-10-12-5-2/h6-7,12H,3-5,8-10H2,1-2H3. The van der Waals surface area contributed by atoms with Gasteiger partial charge in [-0.1, -0.05) is 38.2 Å². The molecule has 0 unspecified atom stereocenters. The zero-order valence-electron chi connectivity index (χ0n) is 8.40. The summed E-state index contributed by atoms with van der Waals surface area (Å²) in [5.41, 5.74) is 1.31. The summed E-state index contributed by atoms with van der Waals surface area (Å²) < 4.78 is 0. The van der Waals surface area contributed by atoms with Crippen molar-refractivity contribution in [1.29, 1.82) is 0 Å². The minimum atomic E-state index is 1.04. The van der Waals surface area contributed by atoms with Gasteiger partial charge in [-0.2, -0.15) is 0 Å². The Balaban J connectivity index is 3.19. The topological polar surface area (TPSA) is 12.0 Å². The second kappa shape index (κ2) is 8.54. The van der Waals surface area contributed by atoms with Crippen LogP contribution in [0, 0.1) is 0 Å². The summed E-state index contributed by atoms with van der Waals surface area (Å²) in [6, 6.07) is 0. The summed E-state index contributed by atoms with van der Waals surface area (Å²) in [5, 5.41) is 3.28. The highest BCUT2D eigenvalue weighted by Gasteiger charge is 1.84. The first-order valence-corrected chi connectivity index (χ1v) is 4.83. The van der Waals surface area contributed by atoms with Crippen molar-refractivity contribution in [2.45, 2.75) is 33.1 Å². The molecule has 1 N–H and O–H groups in total. The second-order valence-corrected chi connectivity index (χ2v) is 2.92. The SMILES string of the molecule is C=C(CC)CC=CCCNCC. The van der Waals surface area contributed by atoms with Crippen LogP contribution >= 0.6 is 0 Å². The van der Waals surface area contributed by atoms with Gasteiger partial charge in [0.05, 0.1) is 0 Å². The molecule has 0 radical (unpaired) electrons. The van der Waals surface area contributed by atoms with E-state index in [-0.39, 0.29) is 0 Å². The Bertz CT molecular complexity index is 136. The van der Waals surface area contributed by atoms with Gasteiger partial charge >= 0.3 is 0 Å². The van der Waals surface area contributed by atoms with E-state index >= 15 is 0 Å². The van der Waals surface area contributed by atoms with Gasteiger partial charge in [-0.15, -0.1) is 0 Å². The van der Waals surface area contributed by atoms with Gasteiger partial charge in [-0.05, 0) is 32.4 Å². The first-order chi connectivity index (χ1) is 5.81. The lowest BCUT2D eigenvalue weighted by Gasteiger charge is -1.96. The van der Waals surface area contributed by atoms with Gasteiger partial charge in [-0.25, -0.2) is 0 Å². The van der Waals surface area contributed by atoms with Gasteiger partial charge in [0.2, 0.25) is 0 Å². The second-order valence-electron chi connectivity index (χ2n) is 2.92. The lowest BCUT2D eigenvalue weighted by atomic mass is 10.1. The monoisotopic (exact) mass is 167 g/mol. The van der Waals surface area contributed by atoms with Crippen molar-refractivity contribution in [3.63, 3.8) is 0 Å². The molecule has 0 rings (SSSR count). The van der Waals surface area contributed by atoms with Gasteiger partial charge in [0, 0.05) is 0 Å².